The molecule has 0 unspecified atom stereocenters. The molecule has 1 amide bonds. The first kappa shape index (κ1) is 12.3. The summed E-state index contributed by atoms with van der Waals surface area (Å²) in [6, 6.07) is -0.846. The van der Waals surface area contributed by atoms with Crippen LogP contribution in [0, 0.1) is 0 Å². The molecule has 2 rings (SSSR count). The Morgan fingerprint density at radius 2 is 2.29 bits per heavy atom. The third-order valence-corrected chi connectivity index (χ3v) is 2.74. The summed E-state index contributed by atoms with van der Waals surface area (Å²) in [5, 5.41) is 21.8. The van der Waals surface area contributed by atoms with E-state index >= 15 is 0 Å². The van der Waals surface area contributed by atoms with Crippen LogP contribution in [0.15, 0.2) is 12.7 Å². The van der Waals surface area contributed by atoms with Gasteiger partial charge in [-0.2, -0.15) is 0 Å². The van der Waals surface area contributed by atoms with Crippen LogP contribution in [-0.4, -0.2) is 60.2 Å². The molecule has 0 aromatic rings. The van der Waals surface area contributed by atoms with Crippen molar-refractivity contribution in [2.45, 2.75) is 30.6 Å². The van der Waals surface area contributed by atoms with Gasteiger partial charge in [0.25, 0.3) is 0 Å². The Morgan fingerprint density at radius 1 is 1.53 bits per heavy atom. The van der Waals surface area contributed by atoms with Crippen LogP contribution in [0.5, 0.6) is 0 Å². The molecule has 0 aromatic carbocycles. The van der Waals surface area contributed by atoms with Crippen molar-refractivity contribution < 1.29 is 29.2 Å². The van der Waals surface area contributed by atoms with Gasteiger partial charge in [0.2, 0.25) is 0 Å². The zero-order valence-corrected chi connectivity index (χ0v) is 9.11. The lowest BCUT2D eigenvalue weighted by Gasteiger charge is -2.35. The fourth-order valence-electron chi connectivity index (χ4n) is 1.87. The van der Waals surface area contributed by atoms with E-state index in [4.69, 9.17) is 14.2 Å². The number of carbonyl (C=O) groups excluding carboxylic acids is 1. The molecule has 2 aliphatic heterocycles. The molecule has 7 nitrogen and oxygen atoms in total. The first-order valence-corrected chi connectivity index (χ1v) is 5.31. The van der Waals surface area contributed by atoms with Crippen LogP contribution in [0.25, 0.3) is 0 Å². The third-order valence-electron chi connectivity index (χ3n) is 2.74. The van der Waals surface area contributed by atoms with Crippen LogP contribution in [0.1, 0.15) is 0 Å². The highest BCUT2D eigenvalue weighted by molar-refractivity contribution is 5.67. The number of ether oxygens (including phenoxy) is 3. The molecule has 0 aliphatic carbocycles. The molecular weight excluding hydrogens is 230 g/mol. The molecular formula is C10H15NO6. The van der Waals surface area contributed by atoms with Crippen molar-refractivity contribution in [1.29, 1.82) is 0 Å². The molecule has 0 spiro atoms. The summed E-state index contributed by atoms with van der Waals surface area (Å²) < 4.78 is 15.2. The predicted octanol–water partition coefficient (Wildman–Crippen LogP) is -1.26. The van der Waals surface area contributed by atoms with E-state index in [1.54, 1.807) is 0 Å². The summed E-state index contributed by atoms with van der Waals surface area (Å²) in [7, 11) is 0. The number of aliphatic hydroxyl groups is 2. The Morgan fingerprint density at radius 3 is 3.00 bits per heavy atom. The van der Waals surface area contributed by atoms with Crippen molar-refractivity contribution in [1.82, 2.24) is 5.32 Å². The quantitative estimate of drug-likeness (QED) is 0.537. The maximum Gasteiger partial charge on any atom is 0.407 e. The van der Waals surface area contributed by atoms with E-state index in [9.17, 15) is 15.0 Å². The number of hydrogen-bond donors (Lipinski definition) is 3. The molecule has 3 N–H and O–H groups in total. The number of hydrogen-bond acceptors (Lipinski definition) is 6. The standard InChI is InChI=1S/C10H15NO6/c1-2-3-15-10(14)11-6-8(13)7(12)5-4-16-9(6)17-5/h2,5-9,12-13H,1,3-4H2,(H,11,14)/t5-,6-,7-,8-,9-/m1/s1. The average Bonchev–Trinajstić information content (AvgIpc) is 2.76. The van der Waals surface area contributed by atoms with Crippen LogP contribution in [0.3, 0.4) is 0 Å². The second-order valence-electron chi connectivity index (χ2n) is 3.91. The van der Waals surface area contributed by atoms with Gasteiger partial charge in [-0.1, -0.05) is 12.7 Å². The number of fused-ring (bicyclic) bond motifs is 2. The van der Waals surface area contributed by atoms with Crippen LogP contribution in [0.4, 0.5) is 4.79 Å². The molecule has 2 bridgehead atoms. The number of rotatable bonds is 3. The van der Waals surface area contributed by atoms with Gasteiger partial charge in [-0.05, 0) is 0 Å². The van der Waals surface area contributed by atoms with Crippen LogP contribution >= 0.6 is 0 Å². The molecule has 96 valence electrons. The van der Waals surface area contributed by atoms with Gasteiger partial charge in [0.05, 0.1) is 6.61 Å². The van der Waals surface area contributed by atoms with Gasteiger partial charge in [-0.25, -0.2) is 4.79 Å². The highest BCUT2D eigenvalue weighted by Crippen LogP contribution is 2.28. The molecule has 5 atom stereocenters. The Labute approximate surface area is 98.0 Å². The summed E-state index contributed by atoms with van der Waals surface area (Å²) in [6.07, 6.45) is -2.83. The summed E-state index contributed by atoms with van der Waals surface area (Å²) in [6.45, 7) is 3.66. The minimum atomic E-state index is -1.14. The minimum absolute atomic E-state index is 0.0617. The van der Waals surface area contributed by atoms with Gasteiger partial charge in [0.1, 0.15) is 31.0 Å². The Bertz CT molecular complexity index is 309. The van der Waals surface area contributed by atoms with Crippen LogP contribution < -0.4 is 5.32 Å². The molecule has 2 aliphatic rings. The first-order valence-electron chi connectivity index (χ1n) is 5.31. The molecule has 2 fully saturated rings. The average molecular weight is 245 g/mol. The Balaban J connectivity index is 1.94. The molecule has 17 heavy (non-hydrogen) atoms. The maximum atomic E-state index is 11.3. The van der Waals surface area contributed by atoms with Gasteiger partial charge in [0, 0.05) is 0 Å². The van der Waals surface area contributed by atoms with E-state index in [1.165, 1.54) is 6.08 Å². The fourth-order valence-corrected chi connectivity index (χ4v) is 1.87. The lowest BCUT2D eigenvalue weighted by molar-refractivity contribution is -0.183. The van der Waals surface area contributed by atoms with E-state index in [2.05, 4.69) is 11.9 Å². The van der Waals surface area contributed by atoms with Crippen molar-refractivity contribution in [3.63, 3.8) is 0 Å². The predicted molar refractivity (Wildman–Crippen MR) is 55.1 cm³/mol. The number of amides is 1. The topological polar surface area (TPSA) is 97.3 Å². The van der Waals surface area contributed by atoms with Gasteiger partial charge < -0.3 is 29.7 Å². The lowest BCUT2D eigenvalue weighted by atomic mass is 9.99. The van der Waals surface area contributed by atoms with E-state index in [0.29, 0.717) is 0 Å². The molecule has 2 heterocycles. The zero-order valence-electron chi connectivity index (χ0n) is 9.11. The summed E-state index contributed by atoms with van der Waals surface area (Å²) in [4.78, 5) is 11.3. The molecule has 0 aromatic heterocycles. The largest absolute Gasteiger partial charge is 0.445 e. The van der Waals surface area contributed by atoms with E-state index in [1.807, 2.05) is 0 Å². The molecule has 7 heteroatoms. The van der Waals surface area contributed by atoms with Crippen molar-refractivity contribution in [3.05, 3.63) is 12.7 Å². The van der Waals surface area contributed by atoms with E-state index in [-0.39, 0.29) is 13.2 Å². The van der Waals surface area contributed by atoms with Crippen LogP contribution in [-0.2, 0) is 14.2 Å². The van der Waals surface area contributed by atoms with Crippen molar-refractivity contribution >= 4 is 6.09 Å². The van der Waals surface area contributed by atoms with Crippen molar-refractivity contribution in [3.8, 4) is 0 Å². The van der Waals surface area contributed by atoms with Gasteiger partial charge in [0.15, 0.2) is 6.29 Å². The highest BCUT2D eigenvalue weighted by atomic mass is 16.7. The fraction of sp³-hybridized carbons (Fsp3) is 0.700. The number of carbonyl (C=O) groups is 1. The molecule has 0 saturated carbocycles. The van der Waals surface area contributed by atoms with Gasteiger partial charge >= 0.3 is 6.09 Å². The summed E-state index contributed by atoms with van der Waals surface area (Å²) in [5.74, 6) is 0. The summed E-state index contributed by atoms with van der Waals surface area (Å²) >= 11 is 0. The monoisotopic (exact) mass is 245 g/mol. The summed E-state index contributed by atoms with van der Waals surface area (Å²) in [5.41, 5.74) is 0. The second-order valence-corrected chi connectivity index (χ2v) is 3.91. The molecule has 2 saturated heterocycles. The lowest BCUT2D eigenvalue weighted by Crippen LogP contribution is -2.60. The molecule has 0 radical (unpaired) electrons. The smallest absolute Gasteiger partial charge is 0.407 e. The Hall–Kier alpha value is -1.15. The van der Waals surface area contributed by atoms with Crippen molar-refractivity contribution in [2.24, 2.45) is 0 Å². The van der Waals surface area contributed by atoms with Gasteiger partial charge in [-0.3, -0.25) is 0 Å². The minimum Gasteiger partial charge on any atom is -0.445 e. The maximum absolute atomic E-state index is 11.3. The number of aliphatic hydroxyl groups excluding tert-OH is 2. The number of alkyl carbamates (subject to hydrolysis) is 1. The second kappa shape index (κ2) is 5.01. The SMILES string of the molecule is C=CCOC(=O)N[C@H]1[C@@H]2OC[C@@H](O2)[C@@H](O)[C@@H]1O. The van der Waals surface area contributed by atoms with E-state index in [0.717, 1.165) is 0 Å². The van der Waals surface area contributed by atoms with Gasteiger partial charge in [-0.15, -0.1) is 0 Å². The third kappa shape index (κ3) is 2.42. The highest BCUT2D eigenvalue weighted by Gasteiger charge is 2.50. The normalized spacial score (nSPS) is 39.8. The number of nitrogens with one attached hydrogen (secondary N) is 1. The first-order chi connectivity index (χ1) is 8.13. The Kier molecular flexibility index (Phi) is 3.63. The van der Waals surface area contributed by atoms with Crippen molar-refractivity contribution in [2.75, 3.05) is 13.2 Å². The zero-order chi connectivity index (χ0) is 12.4. The van der Waals surface area contributed by atoms with E-state index < -0.39 is 36.7 Å². The van der Waals surface area contributed by atoms with Crippen LogP contribution in [0.2, 0.25) is 0 Å².